The average molecular weight is 199 g/mol. The maximum absolute atomic E-state index is 11.2. The van der Waals surface area contributed by atoms with E-state index in [4.69, 9.17) is 5.26 Å². The number of hydrogen-bond acceptors (Lipinski definition) is 2. The van der Waals surface area contributed by atoms with Gasteiger partial charge in [-0.15, -0.1) is 0 Å². The number of aromatic nitrogens is 2. The van der Waals surface area contributed by atoms with Gasteiger partial charge in [-0.3, -0.25) is 4.57 Å². The SMILES string of the molecule is N#Cc1ccc(Cn2cc[nH]c2=O)cc1. The zero-order valence-electron chi connectivity index (χ0n) is 7.97. The second-order valence-corrected chi connectivity index (χ2v) is 3.20. The predicted molar refractivity (Wildman–Crippen MR) is 55.3 cm³/mol. The van der Waals surface area contributed by atoms with Crippen molar-refractivity contribution in [3.63, 3.8) is 0 Å². The highest BCUT2D eigenvalue weighted by molar-refractivity contribution is 5.31. The first-order chi connectivity index (χ1) is 7.29. The summed E-state index contributed by atoms with van der Waals surface area (Å²) in [6.45, 7) is 0.522. The molecule has 0 spiro atoms. The molecule has 15 heavy (non-hydrogen) atoms. The third kappa shape index (κ3) is 1.97. The van der Waals surface area contributed by atoms with Gasteiger partial charge in [-0.25, -0.2) is 4.79 Å². The molecule has 0 aliphatic carbocycles. The van der Waals surface area contributed by atoms with Crippen LogP contribution >= 0.6 is 0 Å². The fourth-order valence-corrected chi connectivity index (χ4v) is 1.36. The van der Waals surface area contributed by atoms with Crippen molar-refractivity contribution in [2.45, 2.75) is 6.54 Å². The van der Waals surface area contributed by atoms with Gasteiger partial charge in [0.15, 0.2) is 0 Å². The topological polar surface area (TPSA) is 61.6 Å². The van der Waals surface area contributed by atoms with Crippen molar-refractivity contribution in [1.82, 2.24) is 9.55 Å². The molecule has 0 saturated heterocycles. The molecule has 0 unspecified atom stereocenters. The summed E-state index contributed by atoms with van der Waals surface area (Å²) in [5.74, 6) is 0. The van der Waals surface area contributed by atoms with Gasteiger partial charge in [0.2, 0.25) is 0 Å². The molecular formula is C11H9N3O. The van der Waals surface area contributed by atoms with E-state index in [0.29, 0.717) is 12.1 Å². The Labute approximate surface area is 86.4 Å². The van der Waals surface area contributed by atoms with Crippen molar-refractivity contribution >= 4 is 0 Å². The van der Waals surface area contributed by atoms with Crippen LogP contribution in [-0.4, -0.2) is 9.55 Å². The smallest absolute Gasteiger partial charge is 0.313 e. The summed E-state index contributed by atoms with van der Waals surface area (Å²) >= 11 is 0. The first-order valence-corrected chi connectivity index (χ1v) is 4.52. The molecule has 1 aromatic heterocycles. The Morgan fingerprint density at radius 2 is 2.07 bits per heavy atom. The molecule has 2 rings (SSSR count). The van der Waals surface area contributed by atoms with Crippen molar-refractivity contribution in [3.05, 3.63) is 58.3 Å². The van der Waals surface area contributed by atoms with Gasteiger partial charge in [-0.2, -0.15) is 5.26 Å². The fraction of sp³-hybridized carbons (Fsp3) is 0.0909. The third-order valence-corrected chi connectivity index (χ3v) is 2.16. The van der Waals surface area contributed by atoms with Gasteiger partial charge in [-0.1, -0.05) is 12.1 Å². The highest BCUT2D eigenvalue weighted by Crippen LogP contribution is 2.04. The minimum atomic E-state index is -0.126. The summed E-state index contributed by atoms with van der Waals surface area (Å²) in [7, 11) is 0. The maximum Gasteiger partial charge on any atom is 0.325 e. The van der Waals surface area contributed by atoms with Crippen LogP contribution in [0.15, 0.2) is 41.5 Å². The Kier molecular flexibility index (Phi) is 2.38. The molecule has 74 valence electrons. The lowest BCUT2D eigenvalue weighted by Crippen LogP contribution is -2.16. The molecule has 1 aromatic carbocycles. The summed E-state index contributed by atoms with van der Waals surface area (Å²) in [6, 6.07) is 9.23. The van der Waals surface area contributed by atoms with Gasteiger partial charge in [0.1, 0.15) is 0 Å². The van der Waals surface area contributed by atoms with E-state index >= 15 is 0 Å². The van der Waals surface area contributed by atoms with E-state index in [0.717, 1.165) is 5.56 Å². The summed E-state index contributed by atoms with van der Waals surface area (Å²) < 4.78 is 1.57. The number of nitrogens with one attached hydrogen (secondary N) is 1. The number of benzene rings is 1. The number of aromatic amines is 1. The summed E-state index contributed by atoms with van der Waals surface area (Å²) in [4.78, 5) is 13.8. The Hall–Kier alpha value is -2.28. The lowest BCUT2D eigenvalue weighted by Gasteiger charge is -2.00. The molecular weight excluding hydrogens is 190 g/mol. The normalized spacial score (nSPS) is 9.80. The third-order valence-electron chi connectivity index (χ3n) is 2.16. The molecule has 0 fully saturated rings. The van der Waals surface area contributed by atoms with Crippen molar-refractivity contribution in [2.75, 3.05) is 0 Å². The number of H-pyrrole nitrogens is 1. The quantitative estimate of drug-likeness (QED) is 0.787. The van der Waals surface area contributed by atoms with Crippen molar-refractivity contribution < 1.29 is 0 Å². The first-order valence-electron chi connectivity index (χ1n) is 4.52. The zero-order valence-corrected chi connectivity index (χ0v) is 7.97. The molecule has 0 atom stereocenters. The number of rotatable bonds is 2. The minimum absolute atomic E-state index is 0.126. The molecule has 0 radical (unpaired) electrons. The Balaban J connectivity index is 2.23. The predicted octanol–water partition coefficient (Wildman–Crippen LogP) is 1.10. The Bertz CT molecular complexity index is 542. The van der Waals surface area contributed by atoms with Gasteiger partial charge in [0, 0.05) is 12.4 Å². The highest BCUT2D eigenvalue weighted by atomic mass is 16.1. The van der Waals surface area contributed by atoms with E-state index in [-0.39, 0.29) is 5.69 Å². The number of hydrogen-bond donors (Lipinski definition) is 1. The van der Waals surface area contributed by atoms with E-state index in [1.807, 2.05) is 18.2 Å². The largest absolute Gasteiger partial charge is 0.325 e. The lowest BCUT2D eigenvalue weighted by molar-refractivity contribution is 0.762. The first kappa shape index (κ1) is 9.28. The van der Waals surface area contributed by atoms with Crippen LogP contribution in [0.1, 0.15) is 11.1 Å². The Morgan fingerprint density at radius 1 is 1.33 bits per heavy atom. The molecule has 0 aliphatic rings. The lowest BCUT2D eigenvalue weighted by atomic mass is 10.1. The van der Waals surface area contributed by atoms with Gasteiger partial charge in [0.25, 0.3) is 0 Å². The van der Waals surface area contributed by atoms with E-state index < -0.39 is 0 Å². The van der Waals surface area contributed by atoms with Crippen LogP contribution in [-0.2, 0) is 6.54 Å². The van der Waals surface area contributed by atoms with Crippen molar-refractivity contribution in [2.24, 2.45) is 0 Å². The van der Waals surface area contributed by atoms with Crippen LogP contribution in [0.3, 0.4) is 0 Å². The van der Waals surface area contributed by atoms with Gasteiger partial charge < -0.3 is 4.98 Å². The average Bonchev–Trinajstić information content (AvgIpc) is 2.66. The molecule has 4 heteroatoms. The molecule has 1 N–H and O–H groups in total. The molecule has 0 bridgehead atoms. The highest BCUT2D eigenvalue weighted by Gasteiger charge is 1.98. The second kappa shape index (κ2) is 3.84. The maximum atomic E-state index is 11.2. The van der Waals surface area contributed by atoms with Gasteiger partial charge in [0.05, 0.1) is 18.2 Å². The van der Waals surface area contributed by atoms with Gasteiger partial charge in [-0.05, 0) is 17.7 Å². The monoisotopic (exact) mass is 199 g/mol. The Morgan fingerprint density at radius 3 is 2.60 bits per heavy atom. The number of imidazole rings is 1. The van der Waals surface area contributed by atoms with Crippen LogP contribution in [0.5, 0.6) is 0 Å². The van der Waals surface area contributed by atoms with Crippen LogP contribution in [0.2, 0.25) is 0 Å². The van der Waals surface area contributed by atoms with E-state index in [2.05, 4.69) is 4.98 Å². The number of nitriles is 1. The summed E-state index contributed by atoms with van der Waals surface area (Å²) in [5.41, 5.74) is 1.50. The fourth-order valence-electron chi connectivity index (χ4n) is 1.36. The zero-order chi connectivity index (χ0) is 10.7. The molecule has 2 aromatic rings. The molecule has 4 nitrogen and oxygen atoms in total. The van der Waals surface area contributed by atoms with Gasteiger partial charge >= 0.3 is 5.69 Å². The summed E-state index contributed by atoms with van der Waals surface area (Å²) in [5, 5.41) is 8.62. The second-order valence-electron chi connectivity index (χ2n) is 3.20. The van der Waals surface area contributed by atoms with E-state index in [9.17, 15) is 4.79 Å². The molecule has 0 amide bonds. The minimum Gasteiger partial charge on any atom is -0.313 e. The van der Waals surface area contributed by atoms with E-state index in [1.165, 1.54) is 0 Å². The molecule has 0 aliphatic heterocycles. The van der Waals surface area contributed by atoms with Crippen LogP contribution in [0.25, 0.3) is 0 Å². The molecule has 1 heterocycles. The molecule has 0 saturated carbocycles. The van der Waals surface area contributed by atoms with Crippen molar-refractivity contribution in [1.29, 1.82) is 5.26 Å². The van der Waals surface area contributed by atoms with Crippen LogP contribution in [0, 0.1) is 11.3 Å². The van der Waals surface area contributed by atoms with Crippen molar-refractivity contribution in [3.8, 4) is 6.07 Å². The van der Waals surface area contributed by atoms with E-state index in [1.54, 1.807) is 29.1 Å². The van der Waals surface area contributed by atoms with Crippen LogP contribution in [0.4, 0.5) is 0 Å². The standard InChI is InChI=1S/C11H9N3O/c12-7-9-1-3-10(4-2-9)8-14-6-5-13-11(14)15/h1-6H,8H2,(H,13,15). The number of nitrogens with zero attached hydrogens (tertiary/aromatic N) is 2. The summed E-state index contributed by atoms with van der Waals surface area (Å²) in [6.07, 6.45) is 3.30. The van der Waals surface area contributed by atoms with Crippen LogP contribution < -0.4 is 5.69 Å².